The number of carbonyl (C=O) groups is 1. The van der Waals surface area contributed by atoms with Crippen LogP contribution in [0.3, 0.4) is 0 Å². The molecule has 2 aromatic heterocycles. The molecule has 8 nitrogen and oxygen atoms in total. The molecule has 3 heterocycles. The molecular formula is C13H15N5O3S. The number of hydrogen-bond acceptors (Lipinski definition) is 6. The van der Waals surface area contributed by atoms with Crippen LogP contribution in [0.25, 0.3) is 0 Å². The number of H-pyrrole nitrogens is 1. The Kier molecular flexibility index (Phi) is 3.65. The summed E-state index contributed by atoms with van der Waals surface area (Å²) >= 11 is 0. The van der Waals surface area contributed by atoms with Crippen molar-refractivity contribution in [3.05, 3.63) is 36.2 Å². The van der Waals surface area contributed by atoms with Crippen molar-refractivity contribution in [1.82, 2.24) is 25.1 Å². The highest BCUT2D eigenvalue weighted by Crippen LogP contribution is 2.30. The summed E-state index contributed by atoms with van der Waals surface area (Å²) in [7, 11) is -3.34. The quantitative estimate of drug-likeness (QED) is 0.867. The van der Waals surface area contributed by atoms with Gasteiger partial charge in [-0.3, -0.25) is 14.9 Å². The van der Waals surface area contributed by atoms with E-state index in [0.29, 0.717) is 25.2 Å². The Balaban J connectivity index is 1.79. The number of likely N-dealkylation sites (tertiary alicyclic amines) is 1. The predicted octanol–water partition coefficient (Wildman–Crippen LogP) is 0.233. The van der Waals surface area contributed by atoms with Crippen molar-refractivity contribution < 1.29 is 13.2 Å². The molecule has 0 saturated carbocycles. The minimum absolute atomic E-state index is 0.0761. The summed E-state index contributed by atoms with van der Waals surface area (Å²) in [5.74, 6) is -0.274. The highest BCUT2D eigenvalue weighted by molar-refractivity contribution is 7.90. The molecule has 1 saturated heterocycles. The van der Waals surface area contributed by atoms with Crippen molar-refractivity contribution >= 4 is 15.7 Å². The second-order valence-corrected chi connectivity index (χ2v) is 7.23. The molecule has 1 fully saturated rings. The highest BCUT2D eigenvalue weighted by atomic mass is 32.2. The first-order valence-electron chi connectivity index (χ1n) is 6.75. The molecule has 116 valence electrons. The molecule has 3 rings (SSSR count). The highest BCUT2D eigenvalue weighted by Gasteiger charge is 2.32. The van der Waals surface area contributed by atoms with E-state index in [1.807, 2.05) is 0 Å². The summed E-state index contributed by atoms with van der Waals surface area (Å²) in [6.45, 7) is 0.975. The van der Waals surface area contributed by atoms with Gasteiger partial charge in [-0.1, -0.05) is 0 Å². The zero-order chi connectivity index (χ0) is 15.7. The molecule has 0 unspecified atom stereocenters. The Hall–Kier alpha value is -2.29. The van der Waals surface area contributed by atoms with Crippen molar-refractivity contribution in [3.8, 4) is 0 Å². The van der Waals surface area contributed by atoms with Crippen LogP contribution in [0.5, 0.6) is 0 Å². The number of amides is 1. The van der Waals surface area contributed by atoms with Crippen LogP contribution in [-0.4, -0.2) is 58.7 Å². The monoisotopic (exact) mass is 321 g/mol. The van der Waals surface area contributed by atoms with Crippen LogP contribution in [0.2, 0.25) is 0 Å². The number of aromatic amines is 1. The fourth-order valence-corrected chi connectivity index (χ4v) is 3.48. The fourth-order valence-electron chi connectivity index (χ4n) is 2.62. The largest absolute Gasteiger partial charge is 0.337 e. The third-order valence-electron chi connectivity index (χ3n) is 3.70. The fraction of sp³-hybridized carbons (Fsp3) is 0.385. The smallest absolute Gasteiger partial charge is 0.274 e. The molecule has 1 atom stereocenters. The predicted molar refractivity (Wildman–Crippen MR) is 77.0 cm³/mol. The third-order valence-corrected chi connectivity index (χ3v) is 4.82. The molecule has 9 heteroatoms. The van der Waals surface area contributed by atoms with E-state index in [4.69, 9.17) is 0 Å². The normalized spacial score (nSPS) is 18.6. The molecule has 1 aliphatic heterocycles. The molecule has 1 amide bonds. The van der Waals surface area contributed by atoms with Gasteiger partial charge in [0.05, 0.1) is 18.1 Å². The zero-order valence-electron chi connectivity index (χ0n) is 11.9. The number of nitrogens with zero attached hydrogens (tertiary/aromatic N) is 4. The first kappa shape index (κ1) is 14.6. The van der Waals surface area contributed by atoms with E-state index in [2.05, 4.69) is 20.2 Å². The van der Waals surface area contributed by atoms with Crippen LogP contribution in [0, 0.1) is 0 Å². The number of hydrogen-bond donors (Lipinski definition) is 1. The molecule has 1 aliphatic rings. The Morgan fingerprint density at radius 2 is 2.18 bits per heavy atom. The summed E-state index contributed by atoms with van der Waals surface area (Å²) in [5.41, 5.74) is 0.855. The van der Waals surface area contributed by atoms with Crippen LogP contribution < -0.4 is 0 Å². The summed E-state index contributed by atoms with van der Waals surface area (Å²) in [5, 5.41) is 6.59. The lowest BCUT2D eigenvalue weighted by atomic mass is 10.1. The Morgan fingerprint density at radius 3 is 2.86 bits per heavy atom. The van der Waals surface area contributed by atoms with Gasteiger partial charge in [0, 0.05) is 37.7 Å². The van der Waals surface area contributed by atoms with E-state index in [-0.39, 0.29) is 22.4 Å². The maximum Gasteiger partial charge on any atom is 0.274 e. The molecule has 0 bridgehead atoms. The Labute approximate surface area is 127 Å². The van der Waals surface area contributed by atoms with Crippen LogP contribution in [0.4, 0.5) is 0 Å². The maximum absolute atomic E-state index is 12.3. The number of carbonyl (C=O) groups excluding carboxylic acids is 1. The summed E-state index contributed by atoms with van der Waals surface area (Å²) in [6, 6.07) is 0. The summed E-state index contributed by atoms with van der Waals surface area (Å²) in [4.78, 5) is 22.1. The van der Waals surface area contributed by atoms with E-state index < -0.39 is 9.84 Å². The third kappa shape index (κ3) is 2.71. The molecule has 22 heavy (non-hydrogen) atoms. The van der Waals surface area contributed by atoms with Gasteiger partial charge in [-0.15, -0.1) is 0 Å². The molecule has 0 radical (unpaired) electrons. The maximum atomic E-state index is 12.3. The van der Waals surface area contributed by atoms with Crippen molar-refractivity contribution in [3.63, 3.8) is 0 Å². The lowest BCUT2D eigenvalue weighted by Crippen LogP contribution is -2.29. The van der Waals surface area contributed by atoms with Gasteiger partial charge in [0.25, 0.3) is 5.91 Å². The number of nitrogens with one attached hydrogen (secondary N) is 1. The SMILES string of the molecule is CS(=O)(=O)c1cn[nH]c1[C@H]1CCN(C(=O)c2cnccn2)C1. The van der Waals surface area contributed by atoms with E-state index >= 15 is 0 Å². The van der Waals surface area contributed by atoms with E-state index in [9.17, 15) is 13.2 Å². The summed E-state index contributed by atoms with van der Waals surface area (Å²) < 4.78 is 23.5. The minimum Gasteiger partial charge on any atom is -0.337 e. The topological polar surface area (TPSA) is 109 Å². The average molecular weight is 321 g/mol. The number of aromatic nitrogens is 4. The van der Waals surface area contributed by atoms with Gasteiger partial charge < -0.3 is 4.90 Å². The minimum atomic E-state index is -3.34. The molecule has 2 aromatic rings. The van der Waals surface area contributed by atoms with Crippen molar-refractivity contribution in [1.29, 1.82) is 0 Å². The van der Waals surface area contributed by atoms with Gasteiger partial charge in [-0.2, -0.15) is 5.10 Å². The Morgan fingerprint density at radius 1 is 1.36 bits per heavy atom. The first-order valence-corrected chi connectivity index (χ1v) is 8.64. The van der Waals surface area contributed by atoms with Gasteiger partial charge in [0.1, 0.15) is 10.6 Å². The van der Waals surface area contributed by atoms with Crippen LogP contribution in [-0.2, 0) is 9.84 Å². The zero-order valence-corrected chi connectivity index (χ0v) is 12.7. The van der Waals surface area contributed by atoms with E-state index in [0.717, 1.165) is 6.26 Å². The van der Waals surface area contributed by atoms with Gasteiger partial charge >= 0.3 is 0 Å². The standard InChI is InChI=1S/C13H15N5O3S/c1-22(20,21)11-7-16-17-12(11)9-2-5-18(8-9)13(19)10-6-14-3-4-15-10/h3-4,6-7,9H,2,5,8H2,1H3,(H,16,17)/t9-/m0/s1. The van der Waals surface area contributed by atoms with Gasteiger partial charge in [-0.25, -0.2) is 13.4 Å². The summed E-state index contributed by atoms with van der Waals surface area (Å²) in [6.07, 6.45) is 7.55. The second-order valence-electron chi connectivity index (χ2n) is 5.25. The molecule has 1 N–H and O–H groups in total. The first-order chi connectivity index (χ1) is 10.5. The van der Waals surface area contributed by atoms with Crippen LogP contribution in [0.1, 0.15) is 28.5 Å². The van der Waals surface area contributed by atoms with E-state index in [1.54, 1.807) is 4.90 Å². The van der Waals surface area contributed by atoms with Crippen molar-refractivity contribution in [2.45, 2.75) is 17.2 Å². The van der Waals surface area contributed by atoms with Crippen LogP contribution >= 0.6 is 0 Å². The number of sulfone groups is 1. The van der Waals surface area contributed by atoms with Crippen molar-refractivity contribution in [2.75, 3.05) is 19.3 Å². The average Bonchev–Trinajstić information content (AvgIpc) is 3.15. The molecular weight excluding hydrogens is 306 g/mol. The van der Waals surface area contributed by atoms with E-state index in [1.165, 1.54) is 24.8 Å². The van der Waals surface area contributed by atoms with Gasteiger partial charge in [0.2, 0.25) is 0 Å². The molecule has 0 aliphatic carbocycles. The van der Waals surface area contributed by atoms with Crippen LogP contribution in [0.15, 0.2) is 29.7 Å². The number of rotatable bonds is 3. The Bertz CT molecular complexity index is 787. The van der Waals surface area contributed by atoms with Gasteiger partial charge in [-0.05, 0) is 6.42 Å². The van der Waals surface area contributed by atoms with Crippen molar-refractivity contribution in [2.24, 2.45) is 0 Å². The lowest BCUT2D eigenvalue weighted by molar-refractivity contribution is 0.0784. The molecule has 0 spiro atoms. The lowest BCUT2D eigenvalue weighted by Gasteiger charge is -2.15. The second kappa shape index (κ2) is 5.48. The van der Waals surface area contributed by atoms with Gasteiger partial charge in [0.15, 0.2) is 9.84 Å². The molecule has 0 aromatic carbocycles.